The number of anilines is 1. The summed E-state index contributed by atoms with van der Waals surface area (Å²) in [6.07, 6.45) is 2.17. The predicted octanol–water partition coefficient (Wildman–Crippen LogP) is 5.19. The monoisotopic (exact) mass is 442 g/mol. The number of halogens is 1. The molecule has 0 aliphatic heterocycles. The molecule has 156 valence electrons. The van der Waals surface area contributed by atoms with Crippen LogP contribution in [0.25, 0.3) is 0 Å². The summed E-state index contributed by atoms with van der Waals surface area (Å²) >= 11 is 7.56. The van der Waals surface area contributed by atoms with Crippen molar-refractivity contribution in [2.24, 2.45) is 0 Å². The number of hydrogen-bond donors (Lipinski definition) is 1. The molecule has 30 heavy (non-hydrogen) atoms. The summed E-state index contributed by atoms with van der Waals surface area (Å²) in [7, 11) is 0. The molecule has 4 rings (SSSR count). The van der Waals surface area contributed by atoms with Crippen LogP contribution in [-0.4, -0.2) is 26.4 Å². The van der Waals surface area contributed by atoms with E-state index in [1.165, 1.54) is 11.8 Å². The zero-order chi connectivity index (χ0) is 21.1. The third kappa shape index (κ3) is 4.96. The maximum Gasteiger partial charge on any atom is 0.234 e. The van der Waals surface area contributed by atoms with Crippen molar-refractivity contribution in [2.75, 3.05) is 11.1 Å². The number of carbonyl (C=O) groups excluding carboxylic acids is 1. The molecule has 1 heterocycles. The largest absolute Gasteiger partial charge is 0.484 e. The van der Waals surface area contributed by atoms with Gasteiger partial charge in [0.25, 0.3) is 0 Å². The number of hydrogen-bond acceptors (Lipinski definition) is 5. The second kappa shape index (κ2) is 9.10. The van der Waals surface area contributed by atoms with Gasteiger partial charge in [-0.05, 0) is 56.0 Å². The quantitative estimate of drug-likeness (QED) is 0.486. The Labute approximate surface area is 185 Å². The van der Waals surface area contributed by atoms with Crippen LogP contribution in [0.15, 0.2) is 47.6 Å². The van der Waals surface area contributed by atoms with Gasteiger partial charge in [-0.2, -0.15) is 0 Å². The van der Waals surface area contributed by atoms with Crippen molar-refractivity contribution >= 4 is 35.0 Å². The lowest BCUT2D eigenvalue weighted by Crippen LogP contribution is -2.15. The number of rotatable bonds is 8. The Kier molecular flexibility index (Phi) is 6.29. The van der Waals surface area contributed by atoms with Crippen LogP contribution >= 0.6 is 23.4 Å². The Morgan fingerprint density at radius 2 is 2.03 bits per heavy atom. The van der Waals surface area contributed by atoms with Crippen LogP contribution in [0, 0.1) is 13.8 Å². The molecule has 1 N–H and O–H groups in total. The molecule has 0 atom stereocenters. The SMILES string of the molecule is Cc1ccc(C)c(NC(=O)CSc2nnc(COc3ccccc3Cl)n2C2CC2)c1. The van der Waals surface area contributed by atoms with Gasteiger partial charge in [-0.3, -0.25) is 9.36 Å². The topological polar surface area (TPSA) is 69.0 Å². The van der Waals surface area contributed by atoms with Gasteiger partial charge in [-0.25, -0.2) is 0 Å². The highest BCUT2D eigenvalue weighted by molar-refractivity contribution is 7.99. The Morgan fingerprint density at radius 3 is 2.80 bits per heavy atom. The van der Waals surface area contributed by atoms with Gasteiger partial charge in [-0.15, -0.1) is 10.2 Å². The second-order valence-corrected chi connectivity index (χ2v) is 8.72. The van der Waals surface area contributed by atoms with Gasteiger partial charge in [0.2, 0.25) is 5.91 Å². The summed E-state index contributed by atoms with van der Waals surface area (Å²) in [5.41, 5.74) is 3.00. The normalized spacial score (nSPS) is 13.3. The van der Waals surface area contributed by atoms with E-state index in [1.807, 2.05) is 50.2 Å². The lowest BCUT2D eigenvalue weighted by atomic mass is 10.1. The highest BCUT2D eigenvalue weighted by atomic mass is 35.5. The first kappa shape index (κ1) is 20.8. The molecule has 8 heteroatoms. The lowest BCUT2D eigenvalue weighted by Gasteiger charge is -2.11. The molecule has 0 unspecified atom stereocenters. The molecule has 2 aromatic carbocycles. The second-order valence-electron chi connectivity index (χ2n) is 7.37. The zero-order valence-electron chi connectivity index (χ0n) is 16.9. The average molecular weight is 443 g/mol. The molecule has 1 saturated carbocycles. The Morgan fingerprint density at radius 1 is 1.23 bits per heavy atom. The fourth-order valence-electron chi connectivity index (χ4n) is 3.09. The Hall–Kier alpha value is -2.51. The summed E-state index contributed by atoms with van der Waals surface area (Å²) in [6.45, 7) is 4.27. The number of nitrogens with one attached hydrogen (secondary N) is 1. The first-order chi connectivity index (χ1) is 14.5. The number of ether oxygens (including phenoxy) is 1. The maximum absolute atomic E-state index is 12.5. The number of amides is 1. The summed E-state index contributed by atoms with van der Waals surface area (Å²) in [6, 6.07) is 13.7. The van der Waals surface area contributed by atoms with Crippen LogP contribution in [0.3, 0.4) is 0 Å². The minimum Gasteiger partial charge on any atom is -0.484 e. The van der Waals surface area contributed by atoms with Crippen LogP contribution in [0.2, 0.25) is 5.02 Å². The van der Waals surface area contributed by atoms with Crippen LogP contribution in [0.5, 0.6) is 5.75 Å². The molecule has 1 aliphatic rings. The van der Waals surface area contributed by atoms with Crippen molar-refractivity contribution < 1.29 is 9.53 Å². The van der Waals surface area contributed by atoms with E-state index in [0.29, 0.717) is 16.8 Å². The number of para-hydroxylation sites is 1. The molecule has 0 radical (unpaired) electrons. The van der Waals surface area contributed by atoms with E-state index in [1.54, 1.807) is 6.07 Å². The third-order valence-corrected chi connectivity index (χ3v) is 6.10. The van der Waals surface area contributed by atoms with E-state index in [-0.39, 0.29) is 18.3 Å². The molecule has 3 aromatic rings. The fraction of sp³-hybridized carbons (Fsp3) is 0.318. The number of thioether (sulfide) groups is 1. The van der Waals surface area contributed by atoms with E-state index in [0.717, 1.165) is 40.6 Å². The summed E-state index contributed by atoms with van der Waals surface area (Å²) in [5, 5.41) is 12.9. The standard InChI is InChI=1S/C22H23ClN4O2S/c1-14-7-8-15(2)18(11-14)24-21(28)13-30-22-26-25-20(27(22)16-9-10-16)12-29-19-6-4-3-5-17(19)23/h3-8,11,16H,9-10,12-13H2,1-2H3,(H,24,28). The first-order valence-corrected chi connectivity index (χ1v) is 11.2. The summed E-state index contributed by atoms with van der Waals surface area (Å²) in [5.74, 6) is 1.57. The van der Waals surface area contributed by atoms with Crippen molar-refractivity contribution in [3.8, 4) is 5.75 Å². The minimum absolute atomic E-state index is 0.0621. The maximum atomic E-state index is 12.5. The van der Waals surface area contributed by atoms with E-state index in [4.69, 9.17) is 16.3 Å². The molecular weight excluding hydrogens is 420 g/mol. The molecule has 1 aromatic heterocycles. The van der Waals surface area contributed by atoms with E-state index in [9.17, 15) is 4.79 Å². The molecule has 0 saturated heterocycles. The zero-order valence-corrected chi connectivity index (χ0v) is 18.5. The van der Waals surface area contributed by atoms with Crippen molar-refractivity contribution in [3.05, 3.63) is 64.4 Å². The molecule has 6 nitrogen and oxygen atoms in total. The molecule has 1 fully saturated rings. The smallest absolute Gasteiger partial charge is 0.234 e. The van der Waals surface area contributed by atoms with Gasteiger partial charge < -0.3 is 10.1 Å². The number of aromatic nitrogens is 3. The van der Waals surface area contributed by atoms with Crippen LogP contribution in [0.4, 0.5) is 5.69 Å². The number of benzene rings is 2. The van der Waals surface area contributed by atoms with Crippen LogP contribution < -0.4 is 10.1 Å². The van der Waals surface area contributed by atoms with Gasteiger partial charge in [0.1, 0.15) is 12.4 Å². The molecular formula is C22H23ClN4O2S. The Bertz CT molecular complexity index is 1070. The van der Waals surface area contributed by atoms with Gasteiger partial charge in [0, 0.05) is 11.7 Å². The third-order valence-electron chi connectivity index (χ3n) is 4.84. The molecule has 1 aliphatic carbocycles. The summed E-state index contributed by atoms with van der Waals surface area (Å²) in [4.78, 5) is 12.5. The van der Waals surface area contributed by atoms with Gasteiger partial charge >= 0.3 is 0 Å². The molecule has 0 bridgehead atoms. The van der Waals surface area contributed by atoms with Crippen molar-refractivity contribution in [1.82, 2.24) is 14.8 Å². The molecule has 1 amide bonds. The number of carbonyl (C=O) groups is 1. The highest BCUT2D eigenvalue weighted by Crippen LogP contribution is 2.39. The van der Waals surface area contributed by atoms with Gasteiger partial charge in [0.05, 0.1) is 10.8 Å². The highest BCUT2D eigenvalue weighted by Gasteiger charge is 2.30. The fourth-order valence-corrected chi connectivity index (χ4v) is 4.11. The first-order valence-electron chi connectivity index (χ1n) is 9.82. The van der Waals surface area contributed by atoms with E-state index >= 15 is 0 Å². The van der Waals surface area contributed by atoms with Crippen molar-refractivity contribution in [3.63, 3.8) is 0 Å². The van der Waals surface area contributed by atoms with E-state index < -0.39 is 0 Å². The van der Waals surface area contributed by atoms with Crippen LogP contribution in [0.1, 0.15) is 35.8 Å². The van der Waals surface area contributed by atoms with Crippen LogP contribution in [-0.2, 0) is 11.4 Å². The Balaban J connectivity index is 1.40. The summed E-state index contributed by atoms with van der Waals surface area (Å²) < 4.78 is 7.93. The van der Waals surface area contributed by atoms with Gasteiger partial charge in [0.15, 0.2) is 11.0 Å². The van der Waals surface area contributed by atoms with Crippen molar-refractivity contribution in [1.29, 1.82) is 0 Å². The predicted molar refractivity (Wildman–Crippen MR) is 119 cm³/mol. The average Bonchev–Trinajstić information content (AvgIpc) is 3.48. The van der Waals surface area contributed by atoms with Gasteiger partial charge in [-0.1, -0.05) is 47.6 Å². The van der Waals surface area contributed by atoms with Crippen molar-refractivity contribution in [2.45, 2.75) is 44.5 Å². The number of nitrogens with zero attached hydrogens (tertiary/aromatic N) is 3. The minimum atomic E-state index is -0.0621. The van der Waals surface area contributed by atoms with E-state index in [2.05, 4.69) is 20.1 Å². The number of aryl methyl sites for hydroxylation is 2. The lowest BCUT2D eigenvalue weighted by molar-refractivity contribution is -0.113. The molecule has 0 spiro atoms.